The second-order valence-corrected chi connectivity index (χ2v) is 8.12. The van der Waals surface area contributed by atoms with Gasteiger partial charge in [0.15, 0.2) is 11.0 Å². The predicted octanol–water partition coefficient (Wildman–Crippen LogP) is 5.88. The highest BCUT2D eigenvalue weighted by Crippen LogP contribution is 2.29. The Morgan fingerprint density at radius 1 is 1.14 bits per heavy atom. The molecule has 1 saturated carbocycles. The van der Waals surface area contributed by atoms with E-state index < -0.39 is 0 Å². The van der Waals surface area contributed by atoms with Crippen LogP contribution in [0.1, 0.15) is 31.2 Å². The molecule has 6 heteroatoms. The maximum absolute atomic E-state index is 13.4. The largest absolute Gasteiger partial charge is 0.490 e. The van der Waals surface area contributed by atoms with Crippen LogP contribution in [-0.2, 0) is 12.3 Å². The Morgan fingerprint density at radius 2 is 1.93 bits per heavy atom. The Morgan fingerprint density at radius 3 is 2.66 bits per heavy atom. The maximum Gasteiger partial charge on any atom is 0.192 e. The highest BCUT2D eigenvalue weighted by atomic mass is 32.2. The van der Waals surface area contributed by atoms with Gasteiger partial charge in [-0.25, -0.2) is 4.39 Å². The van der Waals surface area contributed by atoms with Crippen LogP contribution in [0.3, 0.4) is 0 Å². The lowest BCUT2D eigenvalue weighted by Crippen LogP contribution is -2.10. The number of ether oxygens (including phenoxy) is 1. The van der Waals surface area contributed by atoms with Gasteiger partial charge in [-0.15, -0.1) is 16.8 Å². The highest BCUT2D eigenvalue weighted by molar-refractivity contribution is 7.98. The van der Waals surface area contributed by atoms with Crippen LogP contribution < -0.4 is 4.74 Å². The average Bonchev–Trinajstić information content (AvgIpc) is 3.38. The fourth-order valence-corrected chi connectivity index (χ4v) is 4.45. The van der Waals surface area contributed by atoms with Crippen molar-refractivity contribution in [2.45, 2.75) is 49.2 Å². The van der Waals surface area contributed by atoms with Crippen molar-refractivity contribution < 1.29 is 9.13 Å². The van der Waals surface area contributed by atoms with Crippen molar-refractivity contribution in [2.24, 2.45) is 0 Å². The summed E-state index contributed by atoms with van der Waals surface area (Å²) < 4.78 is 21.5. The Bertz CT molecular complexity index is 965. The second-order valence-electron chi connectivity index (χ2n) is 7.17. The van der Waals surface area contributed by atoms with Crippen LogP contribution in [0.25, 0.3) is 11.4 Å². The van der Waals surface area contributed by atoms with Gasteiger partial charge in [0.05, 0.1) is 6.10 Å². The minimum Gasteiger partial charge on any atom is -0.490 e. The molecular formula is C23H24FN3OS. The minimum absolute atomic E-state index is 0.226. The van der Waals surface area contributed by atoms with Crippen molar-refractivity contribution in [3.8, 4) is 17.1 Å². The fourth-order valence-electron chi connectivity index (χ4n) is 3.56. The van der Waals surface area contributed by atoms with Crippen LogP contribution in [0.2, 0.25) is 0 Å². The zero-order chi connectivity index (χ0) is 20.1. The molecule has 3 aromatic rings. The number of hydrogen-bond acceptors (Lipinski definition) is 4. The first-order chi connectivity index (χ1) is 14.2. The summed E-state index contributed by atoms with van der Waals surface area (Å²) in [6, 6.07) is 14.7. The number of hydrogen-bond donors (Lipinski definition) is 0. The summed E-state index contributed by atoms with van der Waals surface area (Å²) in [5, 5.41) is 9.54. The molecule has 1 aliphatic rings. The fraction of sp³-hybridized carbons (Fsp3) is 0.304. The highest BCUT2D eigenvalue weighted by Gasteiger charge is 2.17. The number of thioether (sulfide) groups is 1. The van der Waals surface area contributed by atoms with Crippen LogP contribution in [0.15, 0.2) is 66.3 Å². The number of allylic oxidation sites excluding steroid dienone is 1. The molecule has 4 rings (SSSR count). The summed E-state index contributed by atoms with van der Waals surface area (Å²) >= 11 is 1.54. The van der Waals surface area contributed by atoms with Gasteiger partial charge in [0.25, 0.3) is 0 Å². The van der Waals surface area contributed by atoms with E-state index in [4.69, 9.17) is 4.74 Å². The van der Waals surface area contributed by atoms with Crippen molar-refractivity contribution in [1.29, 1.82) is 0 Å². The van der Waals surface area contributed by atoms with E-state index in [0.29, 0.717) is 18.4 Å². The average molecular weight is 410 g/mol. The Hall–Kier alpha value is -2.60. The van der Waals surface area contributed by atoms with Gasteiger partial charge in [-0.3, -0.25) is 4.57 Å². The molecule has 4 nitrogen and oxygen atoms in total. The summed E-state index contributed by atoms with van der Waals surface area (Å²) in [7, 11) is 0. The van der Waals surface area contributed by atoms with Crippen LogP contribution in [0, 0.1) is 5.82 Å². The Kier molecular flexibility index (Phi) is 6.30. The van der Waals surface area contributed by atoms with Crippen molar-refractivity contribution in [3.63, 3.8) is 0 Å². The molecule has 0 aliphatic heterocycles. The standard InChI is InChI=1S/C23H24FN3OS/c1-2-14-27-22(18-10-12-21(13-11-18)28-20-8-3-4-9-20)25-26-23(27)29-16-17-6-5-7-19(24)15-17/h2,5-7,10-13,15,20H,1,3-4,8-9,14,16H2. The first-order valence-corrected chi connectivity index (χ1v) is 10.9. The van der Waals surface area contributed by atoms with E-state index in [1.54, 1.807) is 12.1 Å². The van der Waals surface area contributed by atoms with Crippen molar-refractivity contribution in [2.75, 3.05) is 0 Å². The molecule has 0 radical (unpaired) electrons. The number of halogens is 1. The second kappa shape index (κ2) is 9.27. The molecule has 0 spiro atoms. The summed E-state index contributed by atoms with van der Waals surface area (Å²) in [6.07, 6.45) is 6.96. The minimum atomic E-state index is -0.226. The van der Waals surface area contributed by atoms with Crippen LogP contribution >= 0.6 is 11.8 Å². The predicted molar refractivity (Wildman–Crippen MR) is 115 cm³/mol. The zero-order valence-electron chi connectivity index (χ0n) is 16.3. The molecule has 0 unspecified atom stereocenters. The van der Waals surface area contributed by atoms with E-state index in [-0.39, 0.29) is 5.82 Å². The summed E-state index contributed by atoms with van der Waals surface area (Å²) in [5.74, 6) is 2.09. The first-order valence-electron chi connectivity index (χ1n) is 9.91. The molecule has 150 valence electrons. The Labute approximate surface area is 174 Å². The van der Waals surface area contributed by atoms with E-state index in [2.05, 4.69) is 16.8 Å². The van der Waals surface area contributed by atoms with E-state index >= 15 is 0 Å². The first kappa shape index (κ1) is 19.7. The molecule has 0 saturated heterocycles. The van der Waals surface area contributed by atoms with Crippen molar-refractivity contribution >= 4 is 11.8 Å². The van der Waals surface area contributed by atoms with E-state index in [1.807, 2.05) is 41.0 Å². The third-order valence-corrected chi connectivity index (χ3v) is 6.04. The molecule has 0 amide bonds. The van der Waals surface area contributed by atoms with Gasteiger partial charge in [0, 0.05) is 17.9 Å². The number of benzene rings is 2. The summed E-state index contributed by atoms with van der Waals surface area (Å²) in [5.41, 5.74) is 1.90. The van der Waals surface area contributed by atoms with Gasteiger partial charge >= 0.3 is 0 Å². The normalized spacial score (nSPS) is 14.2. The SMILES string of the molecule is C=CCn1c(SCc2cccc(F)c2)nnc1-c1ccc(OC2CCCC2)cc1. The van der Waals surface area contributed by atoms with Gasteiger partial charge in [0.1, 0.15) is 11.6 Å². The molecule has 1 aromatic heterocycles. The maximum atomic E-state index is 13.4. The molecule has 1 aliphatic carbocycles. The van der Waals surface area contributed by atoms with Gasteiger partial charge in [-0.1, -0.05) is 30.0 Å². The lowest BCUT2D eigenvalue weighted by Gasteiger charge is -2.13. The molecule has 2 aromatic carbocycles. The molecule has 0 atom stereocenters. The van der Waals surface area contributed by atoms with Crippen molar-refractivity contribution in [3.05, 3.63) is 72.6 Å². The lowest BCUT2D eigenvalue weighted by molar-refractivity contribution is 0.210. The van der Waals surface area contributed by atoms with Crippen LogP contribution in [-0.4, -0.2) is 20.9 Å². The lowest BCUT2D eigenvalue weighted by atomic mass is 10.2. The summed E-state index contributed by atoms with van der Waals surface area (Å²) in [6.45, 7) is 4.46. The van der Waals surface area contributed by atoms with Crippen LogP contribution in [0.5, 0.6) is 5.75 Å². The number of aromatic nitrogens is 3. The Balaban J connectivity index is 1.50. The molecule has 0 bridgehead atoms. The van der Waals surface area contributed by atoms with Gasteiger partial charge in [-0.05, 0) is 67.6 Å². The zero-order valence-corrected chi connectivity index (χ0v) is 17.1. The van der Waals surface area contributed by atoms with Crippen molar-refractivity contribution in [1.82, 2.24) is 14.8 Å². The van der Waals surface area contributed by atoms with Crippen LogP contribution in [0.4, 0.5) is 4.39 Å². The van der Waals surface area contributed by atoms with E-state index in [9.17, 15) is 4.39 Å². The monoisotopic (exact) mass is 409 g/mol. The summed E-state index contributed by atoms with van der Waals surface area (Å²) in [4.78, 5) is 0. The molecule has 1 heterocycles. The van der Waals surface area contributed by atoms with E-state index in [0.717, 1.165) is 40.7 Å². The molecule has 0 N–H and O–H groups in total. The van der Waals surface area contributed by atoms with Gasteiger partial charge in [-0.2, -0.15) is 0 Å². The number of nitrogens with zero attached hydrogens (tertiary/aromatic N) is 3. The molecule has 29 heavy (non-hydrogen) atoms. The topological polar surface area (TPSA) is 39.9 Å². The third kappa shape index (κ3) is 4.88. The molecular weight excluding hydrogens is 385 g/mol. The van der Waals surface area contributed by atoms with E-state index in [1.165, 1.54) is 30.7 Å². The smallest absolute Gasteiger partial charge is 0.192 e. The quantitative estimate of drug-likeness (QED) is 0.344. The third-order valence-electron chi connectivity index (χ3n) is 5.00. The molecule has 1 fully saturated rings. The number of rotatable bonds is 8. The van der Waals surface area contributed by atoms with Gasteiger partial charge < -0.3 is 4.74 Å². The van der Waals surface area contributed by atoms with Gasteiger partial charge in [0.2, 0.25) is 0 Å².